The molecule has 0 unspecified atom stereocenters. The zero-order valence-corrected chi connectivity index (χ0v) is 9.94. The average molecular weight is 240 g/mol. The number of ketones is 1. The molecule has 0 heterocycles. The lowest BCUT2D eigenvalue weighted by Gasteiger charge is -2.08. The van der Waals surface area contributed by atoms with E-state index in [-0.39, 0.29) is 5.56 Å². The van der Waals surface area contributed by atoms with Gasteiger partial charge in [-0.05, 0) is 19.9 Å². The van der Waals surface area contributed by atoms with Crippen molar-refractivity contribution in [3.8, 4) is 0 Å². The molecule has 4 nitrogen and oxygen atoms in total. The van der Waals surface area contributed by atoms with Gasteiger partial charge in [-0.25, -0.2) is 0 Å². The van der Waals surface area contributed by atoms with Gasteiger partial charge in [-0.1, -0.05) is 29.8 Å². The number of Topliss-reactive ketones (excluding diaryl/α,β-unsaturated/α-hetero) is 1. The highest BCUT2D eigenvalue weighted by Gasteiger charge is 2.27. The first-order valence-corrected chi connectivity index (χ1v) is 6.31. The fourth-order valence-electron chi connectivity index (χ4n) is 1.37. The van der Waals surface area contributed by atoms with Crippen molar-refractivity contribution in [1.29, 1.82) is 0 Å². The summed E-state index contributed by atoms with van der Waals surface area (Å²) in [6.07, 6.45) is 1.16. The summed E-state index contributed by atoms with van der Waals surface area (Å²) in [4.78, 5) is 29.8. The van der Waals surface area contributed by atoms with Gasteiger partial charge in [-0.15, -0.1) is 0 Å². The van der Waals surface area contributed by atoms with Crippen LogP contribution in [-0.2, 0) is 4.57 Å². The summed E-state index contributed by atoms with van der Waals surface area (Å²) in [5.74, 6) is -0.625. The van der Waals surface area contributed by atoms with Crippen molar-refractivity contribution < 1.29 is 19.1 Å². The van der Waals surface area contributed by atoms with Crippen LogP contribution in [-0.4, -0.2) is 15.6 Å². The average Bonchev–Trinajstić information content (AvgIpc) is 2.16. The van der Waals surface area contributed by atoms with Gasteiger partial charge < -0.3 is 9.79 Å². The number of allylic oxidation sites excluding steroid dienone is 2. The fraction of sp³-hybridized carbons (Fsp3) is 0.182. The first-order chi connectivity index (χ1) is 7.36. The van der Waals surface area contributed by atoms with Crippen LogP contribution in [0.1, 0.15) is 22.8 Å². The summed E-state index contributed by atoms with van der Waals surface area (Å²) < 4.78 is 11.1. The van der Waals surface area contributed by atoms with Crippen molar-refractivity contribution in [2.45, 2.75) is 13.8 Å². The Balaban J connectivity index is 3.17. The van der Waals surface area contributed by atoms with Gasteiger partial charge in [0.1, 0.15) is 5.31 Å². The first-order valence-electron chi connectivity index (χ1n) is 4.70. The van der Waals surface area contributed by atoms with Crippen molar-refractivity contribution in [2.24, 2.45) is 0 Å². The lowest BCUT2D eigenvalue weighted by atomic mass is 10.1. The normalized spacial score (nSPS) is 12.6. The van der Waals surface area contributed by atoms with E-state index in [1.54, 1.807) is 12.1 Å². The molecule has 0 atom stereocenters. The van der Waals surface area contributed by atoms with Gasteiger partial charge in [0, 0.05) is 5.56 Å². The van der Waals surface area contributed by atoms with Crippen LogP contribution in [0.25, 0.3) is 0 Å². The van der Waals surface area contributed by atoms with E-state index in [2.05, 4.69) is 0 Å². The van der Waals surface area contributed by atoms with Crippen molar-refractivity contribution in [1.82, 2.24) is 0 Å². The van der Waals surface area contributed by atoms with E-state index in [0.717, 1.165) is 11.6 Å². The molecular weight excluding hydrogens is 227 g/mol. The van der Waals surface area contributed by atoms with E-state index in [0.29, 0.717) is 0 Å². The number of rotatable bonds is 3. The zero-order chi connectivity index (χ0) is 12.3. The number of hydrogen-bond donors (Lipinski definition) is 2. The van der Waals surface area contributed by atoms with E-state index >= 15 is 0 Å². The molecule has 0 fully saturated rings. The third-order valence-corrected chi connectivity index (χ3v) is 3.19. The smallest absolute Gasteiger partial charge is 0.321 e. The number of hydrogen-bond acceptors (Lipinski definition) is 2. The highest BCUT2D eigenvalue weighted by molar-refractivity contribution is 7.58. The predicted octanol–water partition coefficient (Wildman–Crippen LogP) is 2.26. The molecular formula is C11H13O4P. The monoisotopic (exact) mass is 240 g/mol. The van der Waals surface area contributed by atoms with Crippen molar-refractivity contribution in [2.75, 3.05) is 0 Å². The van der Waals surface area contributed by atoms with Crippen LogP contribution < -0.4 is 0 Å². The van der Waals surface area contributed by atoms with Crippen LogP contribution >= 0.6 is 7.60 Å². The number of carbonyl (C=O) groups is 1. The zero-order valence-electron chi connectivity index (χ0n) is 9.04. The third-order valence-electron chi connectivity index (χ3n) is 2.10. The molecule has 0 aliphatic carbocycles. The Bertz CT molecular complexity index is 485. The molecule has 0 spiro atoms. The molecule has 0 aliphatic heterocycles. The molecule has 1 aromatic rings. The molecule has 2 N–H and O–H groups in total. The molecule has 0 saturated carbocycles. The van der Waals surface area contributed by atoms with Crippen molar-refractivity contribution >= 4 is 13.4 Å². The van der Waals surface area contributed by atoms with Crippen molar-refractivity contribution in [3.05, 3.63) is 46.8 Å². The molecule has 0 bridgehead atoms. The van der Waals surface area contributed by atoms with Gasteiger partial charge in [0.2, 0.25) is 5.78 Å². The van der Waals surface area contributed by atoms with Gasteiger partial charge in [0.25, 0.3) is 0 Å². The minimum atomic E-state index is -4.50. The Labute approximate surface area is 93.8 Å². The van der Waals surface area contributed by atoms with Crippen molar-refractivity contribution in [3.63, 3.8) is 0 Å². The summed E-state index contributed by atoms with van der Waals surface area (Å²) in [6.45, 7) is 3.24. The second-order valence-electron chi connectivity index (χ2n) is 3.42. The fourth-order valence-corrected chi connectivity index (χ4v) is 2.10. The maximum atomic E-state index is 11.8. The molecule has 0 radical (unpaired) electrons. The summed E-state index contributed by atoms with van der Waals surface area (Å²) in [7, 11) is -4.50. The molecule has 16 heavy (non-hydrogen) atoms. The standard InChI is InChI=1S/C11H13O4P/c1-3-10(16(13,14)15)11(12)9-6-4-5-8(2)7-9/h3-7H,1-2H3,(H2,13,14,15). The van der Waals surface area contributed by atoms with E-state index in [9.17, 15) is 9.36 Å². The second kappa shape index (κ2) is 4.74. The second-order valence-corrected chi connectivity index (χ2v) is 4.99. The SMILES string of the molecule is CC=C(C(=O)c1cccc(C)c1)P(=O)(O)O. The Morgan fingerprint density at radius 1 is 1.38 bits per heavy atom. The van der Waals surface area contributed by atoms with Crippen LogP contribution in [0.15, 0.2) is 35.7 Å². The van der Waals surface area contributed by atoms with Gasteiger partial charge in [0.05, 0.1) is 0 Å². The topological polar surface area (TPSA) is 74.6 Å². The predicted molar refractivity (Wildman–Crippen MR) is 61.3 cm³/mol. The van der Waals surface area contributed by atoms with E-state index in [1.807, 2.05) is 13.0 Å². The van der Waals surface area contributed by atoms with Crippen LogP contribution in [0.5, 0.6) is 0 Å². The Morgan fingerprint density at radius 2 is 2.00 bits per heavy atom. The molecule has 86 valence electrons. The molecule has 0 amide bonds. The Kier molecular flexibility index (Phi) is 3.81. The van der Waals surface area contributed by atoms with E-state index in [4.69, 9.17) is 9.79 Å². The quantitative estimate of drug-likeness (QED) is 0.482. The molecule has 0 aliphatic rings. The van der Waals surface area contributed by atoms with Gasteiger partial charge >= 0.3 is 7.60 Å². The highest BCUT2D eigenvalue weighted by Crippen LogP contribution is 2.46. The number of benzene rings is 1. The largest absolute Gasteiger partial charge is 0.359 e. The van der Waals surface area contributed by atoms with Crippen LogP contribution in [0.4, 0.5) is 0 Å². The Hall–Kier alpha value is -1.22. The highest BCUT2D eigenvalue weighted by atomic mass is 31.2. The molecule has 0 saturated heterocycles. The van der Waals surface area contributed by atoms with Gasteiger partial charge in [-0.3, -0.25) is 9.36 Å². The first kappa shape index (κ1) is 12.8. The van der Waals surface area contributed by atoms with Crippen LogP contribution in [0, 0.1) is 6.92 Å². The summed E-state index contributed by atoms with van der Waals surface area (Å²) in [6, 6.07) is 6.62. The van der Waals surface area contributed by atoms with Gasteiger partial charge in [0.15, 0.2) is 0 Å². The summed E-state index contributed by atoms with van der Waals surface area (Å²) in [5, 5.41) is -0.460. The summed E-state index contributed by atoms with van der Waals surface area (Å²) >= 11 is 0. The number of carbonyl (C=O) groups excluding carboxylic acids is 1. The molecule has 1 rings (SSSR count). The molecule has 1 aromatic carbocycles. The number of aryl methyl sites for hydroxylation is 1. The lowest BCUT2D eigenvalue weighted by Crippen LogP contribution is -2.04. The van der Waals surface area contributed by atoms with E-state index in [1.165, 1.54) is 13.0 Å². The molecule has 5 heteroatoms. The third kappa shape index (κ3) is 2.89. The Morgan fingerprint density at radius 3 is 2.44 bits per heavy atom. The lowest BCUT2D eigenvalue weighted by molar-refractivity contribution is 0.103. The van der Waals surface area contributed by atoms with Crippen LogP contribution in [0.3, 0.4) is 0 Å². The van der Waals surface area contributed by atoms with Gasteiger partial charge in [-0.2, -0.15) is 0 Å². The molecule has 0 aromatic heterocycles. The maximum absolute atomic E-state index is 11.8. The van der Waals surface area contributed by atoms with Crippen LogP contribution in [0.2, 0.25) is 0 Å². The van der Waals surface area contributed by atoms with E-state index < -0.39 is 18.7 Å². The minimum absolute atomic E-state index is 0.288. The summed E-state index contributed by atoms with van der Waals surface area (Å²) in [5.41, 5.74) is 1.16. The maximum Gasteiger partial charge on any atom is 0.359 e. The minimum Gasteiger partial charge on any atom is -0.321 e.